The summed E-state index contributed by atoms with van der Waals surface area (Å²) in [6, 6.07) is 0.422. The maximum atomic E-state index is 12.2. The van der Waals surface area contributed by atoms with Crippen LogP contribution in [-0.4, -0.2) is 45.0 Å². The summed E-state index contributed by atoms with van der Waals surface area (Å²) in [4.78, 5) is 30.2. The highest BCUT2D eigenvalue weighted by atomic mass is 16.2. The summed E-state index contributed by atoms with van der Waals surface area (Å²) in [5.41, 5.74) is 1.52. The van der Waals surface area contributed by atoms with Crippen LogP contribution in [0.3, 0.4) is 0 Å². The van der Waals surface area contributed by atoms with E-state index < -0.39 is 0 Å². The highest BCUT2D eigenvalue weighted by Gasteiger charge is 2.31. The van der Waals surface area contributed by atoms with E-state index in [4.69, 9.17) is 0 Å². The van der Waals surface area contributed by atoms with Crippen LogP contribution in [0.2, 0.25) is 0 Å². The molecule has 1 atom stereocenters. The van der Waals surface area contributed by atoms with Gasteiger partial charge in [-0.2, -0.15) is 0 Å². The molecule has 0 radical (unpaired) electrons. The number of hydrogen-bond donors (Lipinski definition) is 2. The average Bonchev–Trinajstić information content (AvgIpc) is 3.20. The minimum atomic E-state index is 0.0484. The molecular weight excluding hydrogens is 268 g/mol. The van der Waals surface area contributed by atoms with Gasteiger partial charge in [-0.25, -0.2) is 15.0 Å². The lowest BCUT2D eigenvalue weighted by Crippen LogP contribution is -2.44. The molecule has 2 aromatic rings. The quantitative estimate of drug-likeness (QED) is 0.873. The number of H-pyrrole nitrogens is 1. The molecule has 1 saturated heterocycles. The van der Waals surface area contributed by atoms with Gasteiger partial charge in [0.1, 0.15) is 11.8 Å². The number of carbonyl (C=O) groups excluding carboxylic acids is 1. The van der Waals surface area contributed by atoms with Gasteiger partial charge in [-0.05, 0) is 25.7 Å². The molecular formula is C14H18N6O. The summed E-state index contributed by atoms with van der Waals surface area (Å²) in [5, 5.41) is 3.11. The average molecular weight is 286 g/mol. The van der Waals surface area contributed by atoms with E-state index in [0.717, 1.165) is 43.6 Å². The van der Waals surface area contributed by atoms with Gasteiger partial charge in [-0.3, -0.25) is 4.79 Å². The van der Waals surface area contributed by atoms with E-state index in [2.05, 4.69) is 30.2 Å². The van der Waals surface area contributed by atoms with E-state index in [1.54, 1.807) is 6.33 Å². The van der Waals surface area contributed by atoms with Gasteiger partial charge in [0.25, 0.3) is 0 Å². The third-order valence-corrected chi connectivity index (χ3v) is 4.22. The van der Waals surface area contributed by atoms with Crippen LogP contribution >= 0.6 is 0 Å². The lowest BCUT2D eigenvalue weighted by molar-refractivity contribution is -0.125. The summed E-state index contributed by atoms with van der Waals surface area (Å²) < 4.78 is 0. The maximum absolute atomic E-state index is 12.2. The monoisotopic (exact) mass is 286 g/mol. The van der Waals surface area contributed by atoms with Crippen LogP contribution in [0.15, 0.2) is 12.7 Å². The van der Waals surface area contributed by atoms with Crippen molar-refractivity contribution < 1.29 is 4.79 Å². The van der Waals surface area contributed by atoms with E-state index >= 15 is 0 Å². The van der Waals surface area contributed by atoms with Crippen molar-refractivity contribution in [2.75, 3.05) is 18.0 Å². The summed E-state index contributed by atoms with van der Waals surface area (Å²) >= 11 is 0. The van der Waals surface area contributed by atoms with Crippen molar-refractivity contribution in [3.63, 3.8) is 0 Å². The van der Waals surface area contributed by atoms with Crippen LogP contribution in [0.1, 0.15) is 25.7 Å². The fraction of sp³-hybridized carbons (Fsp3) is 0.571. The molecule has 2 fully saturated rings. The van der Waals surface area contributed by atoms with Gasteiger partial charge in [-0.1, -0.05) is 0 Å². The minimum Gasteiger partial charge on any atom is -0.354 e. The highest BCUT2D eigenvalue weighted by Crippen LogP contribution is 2.27. The number of carbonyl (C=O) groups is 1. The Kier molecular flexibility index (Phi) is 2.98. The molecule has 1 aliphatic heterocycles. The Morgan fingerprint density at radius 2 is 2.19 bits per heavy atom. The summed E-state index contributed by atoms with van der Waals surface area (Å²) in [6.07, 6.45) is 7.37. The molecule has 1 amide bonds. The number of imidazole rings is 1. The molecule has 2 N–H and O–H groups in total. The first-order valence-electron chi connectivity index (χ1n) is 7.50. The van der Waals surface area contributed by atoms with Crippen molar-refractivity contribution in [3.8, 4) is 0 Å². The molecule has 2 aromatic heterocycles. The van der Waals surface area contributed by atoms with Crippen molar-refractivity contribution in [2.24, 2.45) is 5.92 Å². The van der Waals surface area contributed by atoms with E-state index in [1.807, 2.05) is 0 Å². The lowest BCUT2D eigenvalue weighted by atomic mass is 9.97. The first-order chi connectivity index (χ1) is 10.3. The molecule has 4 rings (SSSR count). The normalized spacial score (nSPS) is 22.5. The van der Waals surface area contributed by atoms with E-state index in [0.29, 0.717) is 18.2 Å². The number of rotatable bonds is 3. The van der Waals surface area contributed by atoms with Crippen LogP contribution < -0.4 is 10.2 Å². The van der Waals surface area contributed by atoms with E-state index in [9.17, 15) is 4.79 Å². The van der Waals surface area contributed by atoms with Crippen molar-refractivity contribution in [1.29, 1.82) is 0 Å². The Bertz CT molecular complexity index is 664. The van der Waals surface area contributed by atoms with Crippen molar-refractivity contribution in [3.05, 3.63) is 12.7 Å². The molecule has 110 valence electrons. The van der Waals surface area contributed by atoms with Gasteiger partial charge in [-0.15, -0.1) is 0 Å². The summed E-state index contributed by atoms with van der Waals surface area (Å²) in [6.45, 7) is 1.63. The number of nitrogens with zero attached hydrogens (tertiary/aromatic N) is 4. The van der Waals surface area contributed by atoms with Gasteiger partial charge in [0, 0.05) is 19.1 Å². The molecule has 7 heteroatoms. The largest absolute Gasteiger partial charge is 0.354 e. The fourth-order valence-electron chi connectivity index (χ4n) is 2.92. The van der Waals surface area contributed by atoms with Gasteiger partial charge >= 0.3 is 0 Å². The van der Waals surface area contributed by atoms with Gasteiger partial charge in [0.15, 0.2) is 11.5 Å². The van der Waals surface area contributed by atoms with Crippen molar-refractivity contribution >= 4 is 22.9 Å². The number of amides is 1. The molecule has 0 bridgehead atoms. The molecule has 1 aliphatic carbocycles. The molecule has 21 heavy (non-hydrogen) atoms. The number of piperidine rings is 1. The third kappa shape index (κ3) is 2.43. The number of fused-ring (bicyclic) bond motifs is 1. The number of hydrogen-bond acceptors (Lipinski definition) is 5. The van der Waals surface area contributed by atoms with Crippen LogP contribution in [0.5, 0.6) is 0 Å². The third-order valence-electron chi connectivity index (χ3n) is 4.22. The Morgan fingerprint density at radius 3 is 3.05 bits per heavy atom. The lowest BCUT2D eigenvalue weighted by Gasteiger charge is -2.32. The van der Waals surface area contributed by atoms with Crippen LogP contribution in [0.4, 0.5) is 5.82 Å². The zero-order valence-corrected chi connectivity index (χ0v) is 11.7. The summed E-state index contributed by atoms with van der Waals surface area (Å²) in [5.74, 6) is 1.09. The fourth-order valence-corrected chi connectivity index (χ4v) is 2.92. The van der Waals surface area contributed by atoms with E-state index in [-0.39, 0.29) is 11.8 Å². The SMILES string of the molecule is O=C(NC1CC1)C1CCCN(c2ncnc3nc[nH]c23)C1. The maximum Gasteiger partial charge on any atom is 0.225 e. The molecule has 1 saturated carbocycles. The number of anilines is 1. The highest BCUT2D eigenvalue weighted by molar-refractivity contribution is 5.84. The Hall–Kier alpha value is -2.18. The zero-order valence-electron chi connectivity index (χ0n) is 11.7. The molecule has 2 aliphatic rings. The van der Waals surface area contributed by atoms with Gasteiger partial charge in [0.2, 0.25) is 5.91 Å². The predicted octanol–water partition coefficient (Wildman–Crippen LogP) is 0.848. The Labute approximate surface area is 122 Å². The second kappa shape index (κ2) is 4.98. The Balaban J connectivity index is 1.54. The molecule has 0 spiro atoms. The Morgan fingerprint density at radius 1 is 1.29 bits per heavy atom. The summed E-state index contributed by atoms with van der Waals surface area (Å²) in [7, 11) is 0. The standard InChI is InChI=1S/C14H18N6O/c21-14(19-10-3-4-10)9-2-1-5-20(6-9)13-11-12(16-7-15-11)17-8-18-13/h7-10H,1-6H2,(H,19,21)(H,15,16,17,18). The second-order valence-corrected chi connectivity index (χ2v) is 5.87. The topological polar surface area (TPSA) is 86.8 Å². The second-order valence-electron chi connectivity index (χ2n) is 5.87. The van der Waals surface area contributed by atoms with Crippen LogP contribution in [0, 0.1) is 5.92 Å². The number of aromatic nitrogens is 4. The number of nitrogens with one attached hydrogen (secondary N) is 2. The van der Waals surface area contributed by atoms with Crippen LogP contribution in [-0.2, 0) is 4.79 Å². The molecule has 7 nitrogen and oxygen atoms in total. The predicted molar refractivity (Wildman–Crippen MR) is 77.8 cm³/mol. The minimum absolute atomic E-state index is 0.0484. The molecule has 3 heterocycles. The first-order valence-corrected chi connectivity index (χ1v) is 7.50. The smallest absolute Gasteiger partial charge is 0.225 e. The van der Waals surface area contributed by atoms with Gasteiger partial charge in [0.05, 0.1) is 12.2 Å². The van der Waals surface area contributed by atoms with Crippen LogP contribution in [0.25, 0.3) is 11.2 Å². The first kappa shape index (κ1) is 12.6. The van der Waals surface area contributed by atoms with E-state index in [1.165, 1.54) is 6.33 Å². The number of aromatic amines is 1. The van der Waals surface area contributed by atoms with Crippen molar-refractivity contribution in [1.82, 2.24) is 25.3 Å². The van der Waals surface area contributed by atoms with Crippen molar-refractivity contribution in [2.45, 2.75) is 31.7 Å². The van der Waals surface area contributed by atoms with Gasteiger partial charge < -0.3 is 15.2 Å². The molecule has 0 aromatic carbocycles. The zero-order chi connectivity index (χ0) is 14.2. The molecule has 1 unspecified atom stereocenters.